The fourth-order valence-electron chi connectivity index (χ4n) is 1.40. The molecule has 0 aromatic carbocycles. The predicted octanol–water partition coefficient (Wildman–Crippen LogP) is 1.12. The van der Waals surface area contributed by atoms with Gasteiger partial charge in [-0.2, -0.15) is 5.26 Å². The Kier molecular flexibility index (Phi) is 3.30. The van der Waals surface area contributed by atoms with E-state index in [0.29, 0.717) is 0 Å². The van der Waals surface area contributed by atoms with Crippen LogP contribution in [0.2, 0.25) is 0 Å². The van der Waals surface area contributed by atoms with Gasteiger partial charge in [-0.25, -0.2) is 0 Å². The van der Waals surface area contributed by atoms with Crippen LogP contribution in [0.1, 0.15) is 20.8 Å². The summed E-state index contributed by atoms with van der Waals surface area (Å²) in [4.78, 5) is 2.11. The average molecular weight is 193 g/mol. The van der Waals surface area contributed by atoms with E-state index >= 15 is 0 Å². The molecule has 78 valence electrons. The minimum atomic E-state index is -0.0802. The lowest BCUT2D eigenvalue weighted by atomic mass is 9.87. The molecule has 0 bridgehead atoms. The molecule has 0 radical (unpaired) electrons. The van der Waals surface area contributed by atoms with Crippen molar-refractivity contribution < 1.29 is 0 Å². The maximum Gasteiger partial charge on any atom is 0.117 e. The molecule has 0 aliphatic carbocycles. The summed E-state index contributed by atoms with van der Waals surface area (Å²) in [6, 6.07) is 2.28. The minimum absolute atomic E-state index is 0.0802. The number of nitrogens with two attached hydrogens (primary N) is 1. The topological polar surface area (TPSA) is 53.0 Å². The second-order valence-corrected chi connectivity index (χ2v) is 4.93. The van der Waals surface area contributed by atoms with Gasteiger partial charge < -0.3 is 5.73 Å². The van der Waals surface area contributed by atoms with Crippen LogP contribution >= 0.6 is 0 Å². The van der Waals surface area contributed by atoms with Crippen LogP contribution in [0.3, 0.4) is 0 Å². The van der Waals surface area contributed by atoms with Crippen LogP contribution in [0.5, 0.6) is 0 Å². The number of nitriles is 1. The number of hydrogen-bond acceptors (Lipinski definition) is 3. The second-order valence-electron chi connectivity index (χ2n) is 4.93. The smallest absolute Gasteiger partial charge is 0.117 e. The van der Waals surface area contributed by atoms with Gasteiger partial charge in [0.1, 0.15) is 6.04 Å². The zero-order chi connectivity index (χ0) is 10.8. The maximum absolute atomic E-state index is 8.87. The van der Waals surface area contributed by atoms with Crippen LogP contribution < -0.4 is 5.73 Å². The first kappa shape index (κ1) is 11.2. The van der Waals surface area contributed by atoms with E-state index in [2.05, 4.69) is 31.7 Å². The Morgan fingerprint density at radius 3 is 2.79 bits per heavy atom. The molecule has 1 rings (SSSR count). The molecule has 0 fully saturated rings. The molecule has 0 amide bonds. The van der Waals surface area contributed by atoms with E-state index in [0.717, 1.165) is 13.1 Å². The summed E-state index contributed by atoms with van der Waals surface area (Å²) in [5, 5.41) is 8.87. The molecule has 3 nitrogen and oxygen atoms in total. The average Bonchev–Trinajstić information content (AvgIpc) is 2.50. The molecule has 2 atom stereocenters. The molecule has 2 N–H and O–H groups in total. The largest absolute Gasteiger partial charge is 0.326 e. The molecule has 3 heteroatoms. The Morgan fingerprint density at radius 1 is 1.64 bits per heavy atom. The van der Waals surface area contributed by atoms with Crippen molar-refractivity contribution in [1.82, 2.24) is 4.90 Å². The van der Waals surface area contributed by atoms with Crippen molar-refractivity contribution in [3.05, 3.63) is 12.2 Å². The highest BCUT2D eigenvalue weighted by Gasteiger charge is 2.27. The Bertz CT molecular complexity index is 257. The molecule has 0 spiro atoms. The third-order valence-electron chi connectivity index (χ3n) is 2.73. The molecule has 0 saturated heterocycles. The summed E-state index contributed by atoms with van der Waals surface area (Å²) in [6.07, 6.45) is 3.97. The second kappa shape index (κ2) is 4.12. The van der Waals surface area contributed by atoms with Crippen LogP contribution in [0.25, 0.3) is 0 Å². The normalized spacial score (nSPS) is 24.9. The highest BCUT2D eigenvalue weighted by atomic mass is 15.2. The van der Waals surface area contributed by atoms with Crippen molar-refractivity contribution in [2.24, 2.45) is 11.1 Å². The lowest BCUT2D eigenvalue weighted by molar-refractivity contribution is 0.215. The fraction of sp³-hybridized carbons (Fsp3) is 0.727. The zero-order valence-electron chi connectivity index (χ0n) is 9.20. The fourth-order valence-corrected chi connectivity index (χ4v) is 1.40. The quantitative estimate of drug-likeness (QED) is 0.669. The van der Waals surface area contributed by atoms with Crippen molar-refractivity contribution in [2.45, 2.75) is 32.9 Å². The summed E-state index contributed by atoms with van der Waals surface area (Å²) >= 11 is 0. The lowest BCUT2D eigenvalue weighted by Crippen LogP contribution is -2.46. The van der Waals surface area contributed by atoms with Gasteiger partial charge in [-0.3, -0.25) is 4.90 Å². The van der Waals surface area contributed by atoms with E-state index in [1.54, 1.807) is 0 Å². The van der Waals surface area contributed by atoms with Gasteiger partial charge >= 0.3 is 0 Å². The van der Waals surface area contributed by atoms with Crippen LogP contribution in [-0.4, -0.2) is 30.1 Å². The van der Waals surface area contributed by atoms with Gasteiger partial charge in [0.25, 0.3) is 0 Å². The van der Waals surface area contributed by atoms with Crippen molar-refractivity contribution in [3.63, 3.8) is 0 Å². The monoisotopic (exact) mass is 193 g/mol. The highest BCUT2D eigenvalue weighted by molar-refractivity contribution is 5.14. The SMILES string of the molecule is CC(C)(C)C(N)CN1CC=C[C@H]1C#N. The predicted molar refractivity (Wildman–Crippen MR) is 57.5 cm³/mol. The lowest BCUT2D eigenvalue weighted by Gasteiger charge is -2.31. The van der Waals surface area contributed by atoms with E-state index < -0.39 is 0 Å². The van der Waals surface area contributed by atoms with Crippen LogP contribution in [-0.2, 0) is 0 Å². The van der Waals surface area contributed by atoms with E-state index in [9.17, 15) is 0 Å². The van der Waals surface area contributed by atoms with Gasteiger partial charge in [-0.1, -0.05) is 32.9 Å². The third-order valence-corrected chi connectivity index (χ3v) is 2.73. The van der Waals surface area contributed by atoms with Gasteiger partial charge in [0.05, 0.1) is 6.07 Å². The van der Waals surface area contributed by atoms with E-state index in [4.69, 9.17) is 11.0 Å². The van der Waals surface area contributed by atoms with Gasteiger partial charge in [0.15, 0.2) is 0 Å². The molecular weight excluding hydrogens is 174 g/mol. The summed E-state index contributed by atoms with van der Waals surface area (Å²) < 4.78 is 0. The highest BCUT2D eigenvalue weighted by Crippen LogP contribution is 2.20. The number of hydrogen-bond donors (Lipinski definition) is 1. The number of nitrogens with zero attached hydrogens (tertiary/aromatic N) is 2. The van der Waals surface area contributed by atoms with E-state index in [1.165, 1.54) is 0 Å². The Balaban J connectivity index is 2.50. The molecule has 0 saturated carbocycles. The summed E-state index contributed by atoms with van der Waals surface area (Å²) in [5.74, 6) is 0. The van der Waals surface area contributed by atoms with Crippen molar-refractivity contribution in [3.8, 4) is 6.07 Å². The third kappa shape index (κ3) is 2.57. The van der Waals surface area contributed by atoms with Gasteiger partial charge in [0.2, 0.25) is 0 Å². The summed E-state index contributed by atoms with van der Waals surface area (Å²) in [5.41, 5.74) is 6.17. The van der Waals surface area contributed by atoms with E-state index in [1.807, 2.05) is 12.2 Å². The molecule has 0 aromatic heterocycles. The van der Waals surface area contributed by atoms with Crippen LogP contribution in [0.15, 0.2) is 12.2 Å². The molecule has 1 unspecified atom stereocenters. The van der Waals surface area contributed by atoms with Gasteiger partial charge in [0, 0.05) is 19.1 Å². The minimum Gasteiger partial charge on any atom is -0.326 e. The molecule has 1 aliphatic heterocycles. The van der Waals surface area contributed by atoms with Crippen LogP contribution in [0.4, 0.5) is 0 Å². The maximum atomic E-state index is 8.87. The standard InChI is InChI=1S/C11H19N3/c1-11(2,3)10(13)8-14-6-4-5-9(14)7-12/h4-5,9-10H,6,8,13H2,1-3H3/t9-,10?/m0/s1. The van der Waals surface area contributed by atoms with E-state index in [-0.39, 0.29) is 17.5 Å². The molecule has 1 heterocycles. The zero-order valence-corrected chi connectivity index (χ0v) is 9.20. The van der Waals surface area contributed by atoms with Crippen molar-refractivity contribution >= 4 is 0 Å². The first-order valence-corrected chi connectivity index (χ1v) is 5.01. The first-order valence-electron chi connectivity index (χ1n) is 5.01. The molecular formula is C11H19N3. The van der Waals surface area contributed by atoms with Crippen molar-refractivity contribution in [1.29, 1.82) is 5.26 Å². The first-order chi connectivity index (χ1) is 6.45. The Labute approximate surface area is 86.2 Å². The number of rotatable bonds is 2. The van der Waals surface area contributed by atoms with Gasteiger partial charge in [-0.05, 0) is 5.41 Å². The molecule has 1 aliphatic rings. The molecule has 0 aromatic rings. The Morgan fingerprint density at radius 2 is 2.29 bits per heavy atom. The van der Waals surface area contributed by atoms with Crippen LogP contribution in [0, 0.1) is 16.7 Å². The Hall–Kier alpha value is -0.850. The summed E-state index contributed by atoms with van der Waals surface area (Å²) in [6.45, 7) is 8.02. The summed E-state index contributed by atoms with van der Waals surface area (Å²) in [7, 11) is 0. The van der Waals surface area contributed by atoms with Crippen molar-refractivity contribution in [2.75, 3.05) is 13.1 Å². The van der Waals surface area contributed by atoms with Gasteiger partial charge in [-0.15, -0.1) is 0 Å². The molecule has 14 heavy (non-hydrogen) atoms.